The lowest BCUT2D eigenvalue weighted by molar-refractivity contribution is -0.125. The third-order valence-electron chi connectivity index (χ3n) is 3.21. The van der Waals surface area contributed by atoms with E-state index >= 15 is 0 Å². The smallest absolute Gasteiger partial charge is 0.223 e. The number of carbonyl (C=O) groups excluding carboxylic acids is 1. The largest absolute Gasteiger partial charge is 0.347 e. The lowest BCUT2D eigenvalue weighted by atomic mass is 10.1. The molecule has 0 aliphatic heterocycles. The first kappa shape index (κ1) is 12.5. The van der Waals surface area contributed by atoms with Crippen molar-refractivity contribution < 1.29 is 4.79 Å². The highest BCUT2D eigenvalue weighted by molar-refractivity contribution is 7.11. The van der Waals surface area contributed by atoms with E-state index in [2.05, 4.69) is 10.3 Å². The molecule has 0 bridgehead atoms. The molecule has 94 valence electrons. The summed E-state index contributed by atoms with van der Waals surface area (Å²) in [6.45, 7) is 4.00. The van der Waals surface area contributed by atoms with Crippen LogP contribution in [-0.4, -0.2) is 16.9 Å². The van der Waals surface area contributed by atoms with Crippen LogP contribution in [-0.2, 0) is 4.79 Å². The molecule has 3 atom stereocenters. The third-order valence-corrected chi connectivity index (χ3v) is 4.31. The van der Waals surface area contributed by atoms with Crippen LogP contribution in [0.2, 0.25) is 0 Å². The standard InChI is InChI=1S/C12H19N3OS/c1-7-6-14-12(17-7)8(2)15-11(16)9-3-4-10(13)5-9/h6,8-10H,3-5,13H2,1-2H3,(H,15,16). The highest BCUT2D eigenvalue weighted by atomic mass is 32.1. The molecular formula is C12H19N3OS. The van der Waals surface area contributed by atoms with Gasteiger partial charge in [0.05, 0.1) is 6.04 Å². The summed E-state index contributed by atoms with van der Waals surface area (Å²) in [5.74, 6) is 0.215. The molecule has 0 saturated heterocycles. The molecule has 1 aliphatic carbocycles. The normalized spacial score (nSPS) is 25.8. The molecule has 0 spiro atoms. The predicted molar refractivity (Wildman–Crippen MR) is 68.7 cm³/mol. The van der Waals surface area contributed by atoms with Crippen LogP contribution in [0.1, 0.15) is 42.1 Å². The van der Waals surface area contributed by atoms with Crippen LogP contribution in [0.25, 0.3) is 0 Å². The highest BCUT2D eigenvalue weighted by Crippen LogP contribution is 2.26. The first-order valence-corrected chi connectivity index (χ1v) is 6.86. The molecule has 0 aromatic carbocycles. The average Bonchev–Trinajstić information content (AvgIpc) is 2.87. The number of aryl methyl sites for hydroxylation is 1. The molecule has 4 nitrogen and oxygen atoms in total. The Hall–Kier alpha value is -0.940. The first-order valence-electron chi connectivity index (χ1n) is 6.04. The van der Waals surface area contributed by atoms with E-state index in [1.165, 1.54) is 4.88 Å². The highest BCUT2D eigenvalue weighted by Gasteiger charge is 2.28. The number of hydrogen-bond acceptors (Lipinski definition) is 4. The maximum Gasteiger partial charge on any atom is 0.223 e. The summed E-state index contributed by atoms with van der Waals surface area (Å²) >= 11 is 1.63. The van der Waals surface area contributed by atoms with E-state index in [4.69, 9.17) is 5.73 Å². The Labute approximate surface area is 106 Å². The zero-order chi connectivity index (χ0) is 12.4. The fourth-order valence-electron chi connectivity index (χ4n) is 2.22. The number of thiazole rings is 1. The Kier molecular flexibility index (Phi) is 3.79. The number of nitrogens with one attached hydrogen (secondary N) is 1. The Bertz CT molecular complexity index is 404. The predicted octanol–water partition coefficient (Wildman–Crippen LogP) is 1.76. The number of amides is 1. The SMILES string of the molecule is Cc1cnc(C(C)NC(=O)C2CCC(N)C2)s1. The van der Waals surface area contributed by atoms with Gasteiger partial charge in [0.2, 0.25) is 5.91 Å². The number of hydrogen-bond donors (Lipinski definition) is 2. The van der Waals surface area contributed by atoms with Crippen molar-refractivity contribution in [3.8, 4) is 0 Å². The van der Waals surface area contributed by atoms with Crippen molar-refractivity contribution in [2.24, 2.45) is 11.7 Å². The first-order chi connectivity index (χ1) is 8.06. The molecule has 1 amide bonds. The lowest BCUT2D eigenvalue weighted by Gasteiger charge is -2.15. The Morgan fingerprint density at radius 2 is 2.41 bits per heavy atom. The number of carbonyl (C=O) groups is 1. The number of aromatic nitrogens is 1. The fourth-order valence-corrected chi connectivity index (χ4v) is 3.00. The molecule has 1 aromatic rings. The van der Waals surface area contributed by atoms with Gasteiger partial charge < -0.3 is 11.1 Å². The molecule has 0 radical (unpaired) electrons. The molecule has 3 N–H and O–H groups in total. The monoisotopic (exact) mass is 253 g/mol. The third kappa shape index (κ3) is 3.04. The van der Waals surface area contributed by atoms with Crippen molar-refractivity contribution in [2.45, 2.75) is 45.2 Å². The van der Waals surface area contributed by atoms with Crippen LogP contribution >= 0.6 is 11.3 Å². The molecule has 1 heterocycles. The maximum absolute atomic E-state index is 12.0. The van der Waals surface area contributed by atoms with E-state index in [1.54, 1.807) is 11.3 Å². The van der Waals surface area contributed by atoms with E-state index in [9.17, 15) is 4.79 Å². The summed E-state index contributed by atoms with van der Waals surface area (Å²) < 4.78 is 0. The van der Waals surface area contributed by atoms with E-state index in [1.807, 2.05) is 20.0 Å². The van der Waals surface area contributed by atoms with Gasteiger partial charge in [-0.25, -0.2) is 4.98 Å². The number of nitrogens with zero attached hydrogens (tertiary/aromatic N) is 1. The van der Waals surface area contributed by atoms with Gasteiger partial charge in [-0.05, 0) is 33.1 Å². The van der Waals surface area contributed by atoms with Gasteiger partial charge in [-0.2, -0.15) is 0 Å². The topological polar surface area (TPSA) is 68.0 Å². The van der Waals surface area contributed by atoms with Crippen LogP contribution in [0.3, 0.4) is 0 Å². The lowest BCUT2D eigenvalue weighted by Crippen LogP contribution is -2.32. The van der Waals surface area contributed by atoms with Crippen molar-refractivity contribution in [1.29, 1.82) is 0 Å². The zero-order valence-corrected chi connectivity index (χ0v) is 11.1. The molecule has 1 fully saturated rings. The summed E-state index contributed by atoms with van der Waals surface area (Å²) in [6, 6.07) is 0.196. The van der Waals surface area contributed by atoms with Gasteiger partial charge in [-0.3, -0.25) is 4.79 Å². The second kappa shape index (κ2) is 5.14. The molecular weight excluding hydrogens is 234 g/mol. The van der Waals surface area contributed by atoms with E-state index in [0.717, 1.165) is 24.3 Å². The minimum atomic E-state index is -0.00183. The van der Waals surface area contributed by atoms with Crippen molar-refractivity contribution in [1.82, 2.24) is 10.3 Å². The van der Waals surface area contributed by atoms with E-state index in [0.29, 0.717) is 0 Å². The van der Waals surface area contributed by atoms with Gasteiger partial charge in [-0.1, -0.05) is 0 Å². The van der Waals surface area contributed by atoms with Crippen molar-refractivity contribution in [2.75, 3.05) is 0 Å². The van der Waals surface area contributed by atoms with Crippen molar-refractivity contribution in [3.05, 3.63) is 16.1 Å². The summed E-state index contributed by atoms with van der Waals surface area (Å²) in [4.78, 5) is 17.5. The van der Waals surface area contributed by atoms with Gasteiger partial charge in [0, 0.05) is 23.0 Å². The van der Waals surface area contributed by atoms with Crippen LogP contribution in [0.5, 0.6) is 0 Å². The summed E-state index contributed by atoms with van der Waals surface area (Å²) in [5, 5.41) is 4.00. The quantitative estimate of drug-likeness (QED) is 0.862. The summed E-state index contributed by atoms with van der Waals surface area (Å²) in [6.07, 6.45) is 4.53. The molecule has 1 saturated carbocycles. The molecule has 3 unspecified atom stereocenters. The maximum atomic E-state index is 12.0. The fraction of sp³-hybridized carbons (Fsp3) is 0.667. The van der Waals surface area contributed by atoms with Crippen LogP contribution in [0.4, 0.5) is 0 Å². The Morgan fingerprint density at radius 3 is 2.94 bits per heavy atom. The Morgan fingerprint density at radius 1 is 1.65 bits per heavy atom. The minimum Gasteiger partial charge on any atom is -0.347 e. The van der Waals surface area contributed by atoms with Gasteiger partial charge in [0.25, 0.3) is 0 Å². The van der Waals surface area contributed by atoms with Gasteiger partial charge >= 0.3 is 0 Å². The van der Waals surface area contributed by atoms with Crippen LogP contribution in [0.15, 0.2) is 6.20 Å². The second-order valence-corrected chi connectivity index (χ2v) is 6.08. The van der Waals surface area contributed by atoms with E-state index in [-0.39, 0.29) is 23.9 Å². The van der Waals surface area contributed by atoms with Gasteiger partial charge in [-0.15, -0.1) is 11.3 Å². The summed E-state index contributed by atoms with van der Waals surface area (Å²) in [5.41, 5.74) is 5.82. The molecule has 2 rings (SSSR count). The van der Waals surface area contributed by atoms with E-state index < -0.39 is 0 Å². The van der Waals surface area contributed by atoms with Gasteiger partial charge in [0.15, 0.2) is 0 Å². The molecule has 17 heavy (non-hydrogen) atoms. The van der Waals surface area contributed by atoms with Crippen LogP contribution < -0.4 is 11.1 Å². The van der Waals surface area contributed by atoms with Gasteiger partial charge in [0.1, 0.15) is 5.01 Å². The second-order valence-electron chi connectivity index (χ2n) is 4.81. The number of rotatable bonds is 3. The minimum absolute atomic E-state index is 0.00183. The average molecular weight is 253 g/mol. The number of nitrogens with two attached hydrogens (primary N) is 1. The molecule has 1 aromatic heterocycles. The van der Waals surface area contributed by atoms with Crippen molar-refractivity contribution in [3.63, 3.8) is 0 Å². The molecule has 5 heteroatoms. The summed E-state index contributed by atoms with van der Waals surface area (Å²) in [7, 11) is 0. The van der Waals surface area contributed by atoms with Crippen LogP contribution in [0, 0.1) is 12.8 Å². The zero-order valence-electron chi connectivity index (χ0n) is 10.3. The van der Waals surface area contributed by atoms with Crippen molar-refractivity contribution >= 4 is 17.2 Å². The molecule has 1 aliphatic rings. The Balaban J connectivity index is 1.90.